The molecule has 0 spiro atoms. The second kappa shape index (κ2) is 12.4. The lowest BCUT2D eigenvalue weighted by Crippen LogP contribution is -2.51. The number of benzene rings is 1. The van der Waals surface area contributed by atoms with E-state index in [9.17, 15) is 9.50 Å². The number of fused-ring (bicyclic) bond motifs is 5. The van der Waals surface area contributed by atoms with Crippen molar-refractivity contribution in [2.75, 3.05) is 0 Å². The molecule has 3 saturated carbocycles. The zero-order valence-corrected chi connectivity index (χ0v) is 29.0. The van der Waals surface area contributed by atoms with Crippen molar-refractivity contribution >= 4 is 9.04 Å². The van der Waals surface area contributed by atoms with Crippen LogP contribution in [0.5, 0.6) is 0 Å². The summed E-state index contributed by atoms with van der Waals surface area (Å²) in [7, 11) is -0.875. The smallest absolute Gasteiger partial charge is 0.220 e. The average Bonchev–Trinajstić information content (AvgIpc) is 3.28. The molecule has 1 unspecified atom stereocenters. The van der Waals surface area contributed by atoms with Crippen LogP contribution in [0.2, 0.25) is 10.6 Å². The molecule has 0 aromatic heterocycles. The molecule has 0 heterocycles. The highest BCUT2D eigenvalue weighted by molar-refractivity contribution is 6.56. The maximum absolute atomic E-state index is 14.1. The maximum atomic E-state index is 14.1. The van der Waals surface area contributed by atoms with Crippen LogP contribution in [-0.2, 0) is 4.43 Å². The molecular weight excluding hydrogens is 536 g/mol. The van der Waals surface area contributed by atoms with Gasteiger partial charge in [-0.2, -0.15) is 0 Å². The van der Waals surface area contributed by atoms with Crippen molar-refractivity contribution in [2.24, 2.45) is 40.4 Å². The van der Waals surface area contributed by atoms with E-state index in [1.165, 1.54) is 51.0 Å². The van der Waals surface area contributed by atoms with Gasteiger partial charge in [0, 0.05) is 11.7 Å². The third-order valence-electron chi connectivity index (χ3n) is 12.8. The predicted molar refractivity (Wildman–Crippen MR) is 175 cm³/mol. The summed E-state index contributed by atoms with van der Waals surface area (Å²) in [5, 5.41) is 10.9. The lowest BCUT2D eigenvalue weighted by Gasteiger charge is -2.58. The van der Waals surface area contributed by atoms with Crippen LogP contribution in [0.15, 0.2) is 35.9 Å². The lowest BCUT2D eigenvalue weighted by atomic mass is 9.47. The van der Waals surface area contributed by atoms with E-state index in [4.69, 9.17) is 4.43 Å². The first-order valence-electron chi connectivity index (χ1n) is 17.4. The molecule has 3 fully saturated rings. The molecule has 235 valence electrons. The Kier molecular flexibility index (Phi) is 9.60. The first-order valence-corrected chi connectivity index (χ1v) is 18.9. The fourth-order valence-electron chi connectivity index (χ4n) is 10.8. The number of halogens is 1. The fourth-order valence-corrected chi connectivity index (χ4v) is 13.7. The summed E-state index contributed by atoms with van der Waals surface area (Å²) in [6.07, 6.45) is 15.6. The van der Waals surface area contributed by atoms with Crippen LogP contribution in [0.3, 0.4) is 0 Å². The number of rotatable bonds is 9. The van der Waals surface area contributed by atoms with E-state index in [2.05, 4.69) is 61.5 Å². The monoisotopic (exact) mass is 595 g/mol. The standard InChI is InChI=1S/C38H60FO2Si/c1-25(2)42(36(4,5)6)41-28-20-22-37(7)27(24-28)16-17-29-32-19-18-31(38(32,8)23-21-33(29)37)26(3)12-11-15-35(40)30-13-9-10-14-34(30)39/h9-10,13-14,16,25-26,28-29,31-33,35,40H,11-12,15,17-24H2,1-8H3/t26-,28+,29+,31-,32+,33+,35?,37+,38-/m1/s1. The summed E-state index contributed by atoms with van der Waals surface area (Å²) in [5.74, 6) is 3.64. The van der Waals surface area contributed by atoms with Gasteiger partial charge in [0.1, 0.15) is 5.82 Å². The van der Waals surface area contributed by atoms with Crippen LogP contribution in [0.4, 0.5) is 4.39 Å². The first kappa shape index (κ1) is 32.4. The van der Waals surface area contributed by atoms with Crippen LogP contribution in [0, 0.1) is 46.2 Å². The van der Waals surface area contributed by atoms with Crippen molar-refractivity contribution in [3.05, 3.63) is 47.3 Å². The van der Waals surface area contributed by atoms with Gasteiger partial charge in [0.2, 0.25) is 9.04 Å². The molecule has 4 heteroatoms. The molecule has 1 aromatic rings. The fraction of sp³-hybridized carbons (Fsp3) is 0.789. The van der Waals surface area contributed by atoms with Gasteiger partial charge in [-0.15, -0.1) is 0 Å². The Labute approximate surface area is 259 Å². The molecule has 0 amide bonds. The highest BCUT2D eigenvalue weighted by Gasteiger charge is 2.59. The number of aliphatic hydroxyl groups excluding tert-OH is 1. The van der Waals surface area contributed by atoms with E-state index in [0.29, 0.717) is 40.4 Å². The third kappa shape index (κ3) is 6.12. The van der Waals surface area contributed by atoms with Gasteiger partial charge in [0.05, 0.1) is 6.10 Å². The molecule has 4 aliphatic carbocycles. The normalized spacial score (nSPS) is 36.3. The first-order chi connectivity index (χ1) is 19.8. The zero-order chi connectivity index (χ0) is 30.4. The molecule has 42 heavy (non-hydrogen) atoms. The van der Waals surface area contributed by atoms with Crippen molar-refractivity contribution < 1.29 is 13.9 Å². The molecule has 2 nitrogen and oxygen atoms in total. The molecule has 1 N–H and O–H groups in total. The molecule has 4 aliphatic rings. The predicted octanol–water partition coefficient (Wildman–Crippen LogP) is 10.8. The Morgan fingerprint density at radius 2 is 1.74 bits per heavy atom. The zero-order valence-electron chi connectivity index (χ0n) is 28.0. The lowest BCUT2D eigenvalue weighted by molar-refractivity contribution is -0.0564. The Balaban J connectivity index is 1.21. The average molecular weight is 596 g/mol. The van der Waals surface area contributed by atoms with Gasteiger partial charge < -0.3 is 9.53 Å². The van der Waals surface area contributed by atoms with Gasteiger partial charge >= 0.3 is 0 Å². The summed E-state index contributed by atoms with van der Waals surface area (Å²) in [6.45, 7) is 19.6. The summed E-state index contributed by atoms with van der Waals surface area (Å²) < 4.78 is 21.1. The largest absolute Gasteiger partial charge is 0.413 e. The van der Waals surface area contributed by atoms with Crippen molar-refractivity contribution in [2.45, 2.75) is 149 Å². The minimum absolute atomic E-state index is 0.273. The van der Waals surface area contributed by atoms with Gasteiger partial charge in [0.25, 0.3) is 0 Å². The van der Waals surface area contributed by atoms with E-state index < -0.39 is 15.1 Å². The van der Waals surface area contributed by atoms with Crippen LogP contribution < -0.4 is 0 Å². The number of hydrogen-bond acceptors (Lipinski definition) is 2. The molecule has 0 bridgehead atoms. The minimum Gasteiger partial charge on any atom is -0.413 e. The van der Waals surface area contributed by atoms with Gasteiger partial charge in [-0.25, -0.2) is 4.39 Å². The Hall–Kier alpha value is -0.973. The maximum Gasteiger partial charge on any atom is 0.220 e. The summed E-state index contributed by atoms with van der Waals surface area (Å²) in [6, 6.07) is 6.69. The van der Waals surface area contributed by atoms with Crippen molar-refractivity contribution in [3.8, 4) is 0 Å². The molecule has 1 aromatic carbocycles. The van der Waals surface area contributed by atoms with E-state index in [-0.39, 0.29) is 10.9 Å². The van der Waals surface area contributed by atoms with Crippen LogP contribution in [0.25, 0.3) is 0 Å². The minimum atomic E-state index is -0.875. The Morgan fingerprint density at radius 1 is 1.00 bits per heavy atom. The SMILES string of the molecule is CC(C)[Si](O[C@H]1CC[C@@]2(C)C(=CC[C@H]3[C@@H]4CC[C@H]([C@H](C)CCCC(O)c5ccccc5F)[C@@]4(C)CC[C@@H]32)C1)C(C)(C)C. The van der Waals surface area contributed by atoms with E-state index >= 15 is 0 Å². The number of allylic oxidation sites excluding steroid dienone is 1. The molecular formula is C38H60FO2Si. The summed E-state index contributed by atoms with van der Waals surface area (Å²) in [4.78, 5) is 0. The molecule has 5 rings (SSSR count). The summed E-state index contributed by atoms with van der Waals surface area (Å²) in [5.41, 5.74) is 3.63. The quantitative estimate of drug-likeness (QED) is 0.227. The number of aliphatic hydroxyl groups is 1. The van der Waals surface area contributed by atoms with Gasteiger partial charge in [-0.1, -0.05) is 98.1 Å². The topological polar surface area (TPSA) is 29.5 Å². The van der Waals surface area contributed by atoms with Crippen molar-refractivity contribution in [1.82, 2.24) is 0 Å². The molecule has 0 aliphatic heterocycles. The van der Waals surface area contributed by atoms with E-state index in [1.807, 2.05) is 6.07 Å². The second-order valence-corrected chi connectivity index (χ2v) is 20.3. The highest BCUT2D eigenvalue weighted by atomic mass is 28.3. The van der Waals surface area contributed by atoms with Crippen molar-refractivity contribution in [1.29, 1.82) is 0 Å². The molecule has 9 atom stereocenters. The van der Waals surface area contributed by atoms with Crippen LogP contribution >= 0.6 is 0 Å². The van der Waals surface area contributed by atoms with Crippen LogP contribution in [-0.4, -0.2) is 20.3 Å². The third-order valence-corrected chi connectivity index (χ3v) is 15.9. The Bertz CT molecular complexity index is 1110. The highest BCUT2D eigenvalue weighted by Crippen LogP contribution is 2.67. The summed E-state index contributed by atoms with van der Waals surface area (Å²) >= 11 is 0. The second-order valence-electron chi connectivity index (χ2n) is 16.7. The number of hydrogen-bond donors (Lipinski definition) is 1. The molecule has 0 saturated heterocycles. The van der Waals surface area contributed by atoms with Gasteiger partial charge in [0.15, 0.2) is 0 Å². The van der Waals surface area contributed by atoms with Crippen molar-refractivity contribution in [3.63, 3.8) is 0 Å². The van der Waals surface area contributed by atoms with Gasteiger partial charge in [-0.3, -0.25) is 0 Å². The van der Waals surface area contributed by atoms with Gasteiger partial charge in [-0.05, 0) is 115 Å². The van der Waals surface area contributed by atoms with E-state index in [0.717, 1.165) is 42.9 Å². The Morgan fingerprint density at radius 3 is 2.43 bits per heavy atom. The van der Waals surface area contributed by atoms with E-state index in [1.54, 1.807) is 17.7 Å². The van der Waals surface area contributed by atoms with Crippen LogP contribution in [0.1, 0.15) is 138 Å². The molecule has 1 radical (unpaired) electrons.